The van der Waals surface area contributed by atoms with Gasteiger partial charge in [0.25, 0.3) is 0 Å². The lowest BCUT2D eigenvalue weighted by Gasteiger charge is -2.20. The molecule has 0 bridgehead atoms. The van der Waals surface area contributed by atoms with Crippen LogP contribution in [0.4, 0.5) is 0 Å². The fourth-order valence-electron chi connectivity index (χ4n) is 1.72. The number of fused-ring (bicyclic) bond motifs is 1. The highest BCUT2D eigenvalue weighted by Crippen LogP contribution is 2.30. The number of rotatable bonds is 4. The topological polar surface area (TPSA) is 59.4 Å². The van der Waals surface area contributed by atoms with E-state index < -0.39 is 5.97 Å². The Kier molecular flexibility index (Phi) is 3.69. The Morgan fingerprint density at radius 3 is 2.58 bits per heavy atom. The van der Waals surface area contributed by atoms with Gasteiger partial charge in [-0.15, -0.1) is 0 Å². The molecule has 1 aromatic heterocycles. The molecule has 0 saturated carbocycles. The lowest BCUT2D eigenvalue weighted by Crippen LogP contribution is -2.20. The van der Waals surface area contributed by atoms with Crippen LogP contribution in [0.25, 0.3) is 10.9 Å². The average molecular weight is 259 g/mol. The number of pyridine rings is 1. The van der Waals surface area contributed by atoms with Crippen molar-refractivity contribution >= 4 is 16.9 Å². The molecule has 19 heavy (non-hydrogen) atoms. The Bertz CT molecular complexity index is 607. The van der Waals surface area contributed by atoms with Crippen LogP contribution in [0, 0.1) is 5.92 Å². The van der Waals surface area contributed by atoms with E-state index in [-0.39, 0.29) is 11.7 Å². The van der Waals surface area contributed by atoms with Gasteiger partial charge in [0.1, 0.15) is 11.3 Å². The third-order valence-electron chi connectivity index (χ3n) is 3.20. The molecule has 1 atom stereocenters. The molecule has 1 aromatic carbocycles. The molecule has 0 spiro atoms. The van der Waals surface area contributed by atoms with Gasteiger partial charge < -0.3 is 9.84 Å². The largest absolute Gasteiger partial charge is 0.489 e. The molecule has 0 aliphatic carbocycles. The number of aromatic nitrogens is 1. The number of carboxylic acids is 1. The van der Waals surface area contributed by atoms with Gasteiger partial charge in [-0.3, -0.25) is 4.98 Å². The lowest BCUT2D eigenvalue weighted by atomic mass is 10.1. The fraction of sp³-hybridized carbons (Fsp3) is 0.333. The zero-order valence-corrected chi connectivity index (χ0v) is 11.3. The molecule has 2 aromatic rings. The van der Waals surface area contributed by atoms with Crippen molar-refractivity contribution in [3.05, 3.63) is 36.0 Å². The molecule has 4 heteroatoms. The van der Waals surface area contributed by atoms with Gasteiger partial charge in [0.2, 0.25) is 0 Å². The quantitative estimate of drug-likeness (QED) is 0.914. The highest BCUT2D eigenvalue weighted by Gasteiger charge is 2.19. The first kappa shape index (κ1) is 13.3. The van der Waals surface area contributed by atoms with Gasteiger partial charge in [0.05, 0.1) is 11.6 Å². The number of hydrogen-bond donors (Lipinski definition) is 1. The Hall–Kier alpha value is -2.10. The predicted octanol–water partition coefficient (Wildman–Crippen LogP) is 3.36. The Morgan fingerprint density at radius 2 is 1.95 bits per heavy atom. The summed E-state index contributed by atoms with van der Waals surface area (Å²) in [5, 5.41) is 9.99. The summed E-state index contributed by atoms with van der Waals surface area (Å²) in [7, 11) is 0. The Morgan fingerprint density at radius 1 is 1.26 bits per heavy atom. The molecule has 0 radical (unpaired) electrons. The molecule has 100 valence electrons. The second-order valence-corrected chi connectivity index (χ2v) is 4.89. The van der Waals surface area contributed by atoms with Crippen LogP contribution in [0.2, 0.25) is 0 Å². The molecule has 0 aliphatic rings. The molecule has 1 N–H and O–H groups in total. The van der Waals surface area contributed by atoms with E-state index in [0.717, 1.165) is 10.9 Å². The molecule has 0 saturated heterocycles. The predicted molar refractivity (Wildman–Crippen MR) is 73.6 cm³/mol. The van der Waals surface area contributed by atoms with Crippen LogP contribution < -0.4 is 4.74 Å². The summed E-state index contributed by atoms with van der Waals surface area (Å²) in [5.41, 5.74) is 0.838. The first-order valence-electron chi connectivity index (χ1n) is 6.28. The van der Waals surface area contributed by atoms with Crippen molar-refractivity contribution < 1.29 is 14.6 Å². The standard InChI is InChI=1S/C15H17NO3/c1-9(2)10(3)19-14-11-6-4-5-7-13(11)16-8-12(14)15(17)18/h4-10H,1-3H3,(H,17,18). The zero-order valence-electron chi connectivity index (χ0n) is 11.3. The van der Waals surface area contributed by atoms with E-state index in [2.05, 4.69) is 4.98 Å². The van der Waals surface area contributed by atoms with Gasteiger partial charge in [-0.2, -0.15) is 0 Å². The monoisotopic (exact) mass is 259 g/mol. The molecular weight excluding hydrogens is 242 g/mol. The number of hydrogen-bond acceptors (Lipinski definition) is 3. The minimum absolute atomic E-state index is 0.0658. The summed E-state index contributed by atoms with van der Waals surface area (Å²) >= 11 is 0. The average Bonchev–Trinajstić information content (AvgIpc) is 2.38. The third kappa shape index (κ3) is 2.67. The highest BCUT2D eigenvalue weighted by molar-refractivity contribution is 5.98. The summed E-state index contributed by atoms with van der Waals surface area (Å²) in [5.74, 6) is -0.322. The minimum atomic E-state index is -1.02. The summed E-state index contributed by atoms with van der Waals surface area (Å²) in [6.45, 7) is 6.01. The maximum Gasteiger partial charge on any atom is 0.341 e. The summed E-state index contributed by atoms with van der Waals surface area (Å²) in [4.78, 5) is 15.5. The number of aromatic carboxylic acids is 1. The van der Waals surface area contributed by atoms with E-state index in [0.29, 0.717) is 11.7 Å². The van der Waals surface area contributed by atoms with E-state index >= 15 is 0 Å². The minimum Gasteiger partial charge on any atom is -0.489 e. The maximum atomic E-state index is 11.3. The molecule has 0 amide bonds. The van der Waals surface area contributed by atoms with E-state index in [4.69, 9.17) is 4.74 Å². The Balaban J connectivity index is 2.59. The molecule has 1 unspecified atom stereocenters. The number of nitrogens with zero attached hydrogens (tertiary/aromatic N) is 1. The fourth-order valence-corrected chi connectivity index (χ4v) is 1.72. The second-order valence-electron chi connectivity index (χ2n) is 4.89. The van der Waals surface area contributed by atoms with Crippen molar-refractivity contribution in [3.63, 3.8) is 0 Å². The highest BCUT2D eigenvalue weighted by atomic mass is 16.5. The molecular formula is C15H17NO3. The van der Waals surface area contributed by atoms with E-state index in [1.54, 1.807) is 0 Å². The van der Waals surface area contributed by atoms with Crippen LogP contribution in [0.3, 0.4) is 0 Å². The van der Waals surface area contributed by atoms with Crippen molar-refractivity contribution in [2.45, 2.75) is 26.9 Å². The number of para-hydroxylation sites is 1. The van der Waals surface area contributed by atoms with Gasteiger partial charge in [0.15, 0.2) is 0 Å². The van der Waals surface area contributed by atoms with E-state index in [9.17, 15) is 9.90 Å². The van der Waals surface area contributed by atoms with Crippen molar-refractivity contribution in [2.24, 2.45) is 5.92 Å². The van der Waals surface area contributed by atoms with Crippen molar-refractivity contribution in [1.29, 1.82) is 0 Å². The molecule has 2 rings (SSSR count). The number of benzene rings is 1. The van der Waals surface area contributed by atoms with Crippen molar-refractivity contribution in [1.82, 2.24) is 4.98 Å². The van der Waals surface area contributed by atoms with Crippen LogP contribution in [0.5, 0.6) is 5.75 Å². The lowest BCUT2D eigenvalue weighted by molar-refractivity contribution is 0.0687. The summed E-state index contributed by atoms with van der Waals surface area (Å²) in [6, 6.07) is 7.39. The van der Waals surface area contributed by atoms with Crippen molar-refractivity contribution in [3.8, 4) is 5.75 Å². The zero-order chi connectivity index (χ0) is 14.0. The van der Waals surface area contributed by atoms with Gasteiger partial charge >= 0.3 is 5.97 Å². The van der Waals surface area contributed by atoms with E-state index in [1.807, 2.05) is 45.0 Å². The first-order chi connectivity index (χ1) is 9.00. The van der Waals surface area contributed by atoms with Crippen molar-refractivity contribution in [2.75, 3.05) is 0 Å². The SMILES string of the molecule is CC(C)C(C)Oc1c(C(=O)O)cnc2ccccc12. The summed E-state index contributed by atoms with van der Waals surface area (Å²) in [6.07, 6.45) is 1.29. The summed E-state index contributed by atoms with van der Waals surface area (Å²) < 4.78 is 5.86. The Labute approximate surface area is 112 Å². The normalized spacial score (nSPS) is 12.6. The first-order valence-corrected chi connectivity index (χ1v) is 6.28. The van der Waals surface area contributed by atoms with Crippen LogP contribution in [0.1, 0.15) is 31.1 Å². The van der Waals surface area contributed by atoms with Gasteiger partial charge in [0, 0.05) is 11.6 Å². The van der Waals surface area contributed by atoms with Crippen LogP contribution in [-0.4, -0.2) is 22.2 Å². The maximum absolute atomic E-state index is 11.3. The molecule has 4 nitrogen and oxygen atoms in total. The smallest absolute Gasteiger partial charge is 0.341 e. The van der Waals surface area contributed by atoms with Crippen LogP contribution >= 0.6 is 0 Å². The van der Waals surface area contributed by atoms with Crippen LogP contribution in [0.15, 0.2) is 30.5 Å². The number of carbonyl (C=O) groups is 1. The number of ether oxygens (including phenoxy) is 1. The van der Waals surface area contributed by atoms with Gasteiger partial charge in [-0.1, -0.05) is 26.0 Å². The van der Waals surface area contributed by atoms with Gasteiger partial charge in [-0.05, 0) is 25.0 Å². The van der Waals surface area contributed by atoms with Gasteiger partial charge in [-0.25, -0.2) is 4.79 Å². The molecule has 1 heterocycles. The van der Waals surface area contributed by atoms with E-state index in [1.165, 1.54) is 6.20 Å². The molecule has 0 fully saturated rings. The van der Waals surface area contributed by atoms with Crippen LogP contribution in [-0.2, 0) is 0 Å². The second kappa shape index (κ2) is 5.26. The molecule has 0 aliphatic heterocycles. The third-order valence-corrected chi connectivity index (χ3v) is 3.20. The number of carboxylic acid groups (broad SMARTS) is 1.